The fourth-order valence-electron chi connectivity index (χ4n) is 0.696. The van der Waals surface area contributed by atoms with Crippen LogP contribution in [0, 0.1) is 0 Å². The summed E-state index contributed by atoms with van der Waals surface area (Å²) in [7, 11) is 0. The number of hydrogen-bond acceptors (Lipinski definition) is 1. The third-order valence-corrected chi connectivity index (χ3v) is 1.31. The number of hydrogen-bond donors (Lipinski definition) is 1. The summed E-state index contributed by atoms with van der Waals surface area (Å²) in [5, 5.41) is 9.13. The van der Waals surface area contributed by atoms with Crippen LogP contribution in [0.4, 0.5) is 0 Å². The van der Waals surface area contributed by atoms with Gasteiger partial charge in [0.05, 0.1) is 0 Å². The molecule has 1 aromatic carbocycles. The molecule has 0 aliphatic carbocycles. The predicted molar refractivity (Wildman–Crippen MR) is 43.0 cm³/mol. The average Bonchev–Trinajstić information content (AvgIpc) is 1.94. The highest BCUT2D eigenvalue weighted by Crippen LogP contribution is 2.16. The number of aromatic hydroxyl groups is 1. The van der Waals surface area contributed by atoms with Crippen molar-refractivity contribution in [1.29, 1.82) is 0 Å². The van der Waals surface area contributed by atoms with Crippen molar-refractivity contribution in [1.82, 2.24) is 0 Å². The molecule has 0 aromatic heterocycles. The lowest BCUT2D eigenvalue weighted by Crippen LogP contribution is -1.70. The van der Waals surface area contributed by atoms with E-state index in [0.717, 1.165) is 5.56 Å². The van der Waals surface area contributed by atoms with E-state index in [-0.39, 0.29) is 5.75 Å². The van der Waals surface area contributed by atoms with Crippen molar-refractivity contribution < 1.29 is 5.11 Å². The summed E-state index contributed by atoms with van der Waals surface area (Å²) in [5.41, 5.74) is 2.10. The second kappa shape index (κ2) is 3.28. The minimum Gasteiger partial charge on any atom is -0.507 e. The molecule has 0 atom stereocenters. The summed E-state index contributed by atoms with van der Waals surface area (Å²) in [5.74, 6) is 0.249. The van der Waals surface area contributed by atoms with Crippen LogP contribution in [-0.2, 0) is 0 Å². The molecule has 0 amide bonds. The van der Waals surface area contributed by atoms with Gasteiger partial charge in [-0.25, -0.2) is 0 Å². The molecule has 0 saturated heterocycles. The lowest BCUT2D eigenvalue weighted by atomic mass is 10.2. The zero-order chi connectivity index (χ0) is 7.40. The van der Waals surface area contributed by atoms with E-state index in [1.54, 1.807) is 24.3 Å². The van der Waals surface area contributed by atoms with Gasteiger partial charge in [-0.2, -0.15) is 0 Å². The largest absolute Gasteiger partial charge is 0.507 e. The van der Waals surface area contributed by atoms with Gasteiger partial charge in [0.15, 0.2) is 0 Å². The van der Waals surface area contributed by atoms with E-state index in [1.165, 1.54) is 5.54 Å². The monoisotopic (exact) mass is 154 g/mol. The van der Waals surface area contributed by atoms with Crippen LogP contribution in [0.15, 0.2) is 29.8 Å². The first-order chi connectivity index (χ1) is 4.84. The molecule has 0 aliphatic rings. The Hall–Kier alpha value is -0.950. The molecule has 52 valence electrons. The highest BCUT2D eigenvalue weighted by Gasteiger charge is 1.91. The number of benzene rings is 1. The Morgan fingerprint density at radius 3 is 2.60 bits per heavy atom. The standard InChI is InChI=1S/C8H7ClO/c9-6-5-7-3-1-2-4-8(7)10/h1-6,10H. The molecule has 0 heterocycles. The van der Waals surface area contributed by atoms with Gasteiger partial charge in [-0.3, -0.25) is 0 Å². The van der Waals surface area contributed by atoms with Crippen LogP contribution < -0.4 is 0 Å². The molecule has 0 unspecified atom stereocenters. The summed E-state index contributed by atoms with van der Waals surface area (Å²) in [6, 6.07) is 7.01. The maximum Gasteiger partial charge on any atom is 0.122 e. The second-order valence-corrected chi connectivity index (χ2v) is 2.10. The molecule has 1 N–H and O–H groups in total. The third kappa shape index (κ3) is 1.52. The quantitative estimate of drug-likeness (QED) is 0.659. The van der Waals surface area contributed by atoms with Gasteiger partial charge < -0.3 is 5.11 Å². The van der Waals surface area contributed by atoms with Gasteiger partial charge in [-0.15, -0.1) is 0 Å². The number of phenolic OH excluding ortho intramolecular Hbond substituents is 1. The fourth-order valence-corrected chi connectivity index (χ4v) is 0.832. The van der Waals surface area contributed by atoms with Gasteiger partial charge in [0.2, 0.25) is 0 Å². The first kappa shape index (κ1) is 7.16. The van der Waals surface area contributed by atoms with E-state index >= 15 is 0 Å². The summed E-state index contributed by atoms with van der Waals surface area (Å²) >= 11 is 5.32. The molecule has 10 heavy (non-hydrogen) atoms. The van der Waals surface area contributed by atoms with E-state index in [2.05, 4.69) is 0 Å². The molecule has 2 heteroatoms. The Kier molecular flexibility index (Phi) is 2.35. The number of rotatable bonds is 1. The van der Waals surface area contributed by atoms with E-state index in [9.17, 15) is 0 Å². The summed E-state index contributed by atoms with van der Waals surface area (Å²) in [6.07, 6.45) is 1.64. The van der Waals surface area contributed by atoms with Crippen molar-refractivity contribution in [3.63, 3.8) is 0 Å². The van der Waals surface area contributed by atoms with Crippen molar-refractivity contribution in [2.45, 2.75) is 0 Å². The fraction of sp³-hybridized carbons (Fsp3) is 0. The molecule has 0 bridgehead atoms. The summed E-state index contributed by atoms with van der Waals surface area (Å²) in [4.78, 5) is 0. The summed E-state index contributed by atoms with van der Waals surface area (Å²) < 4.78 is 0. The zero-order valence-corrected chi connectivity index (χ0v) is 6.05. The molecule has 1 aromatic rings. The summed E-state index contributed by atoms with van der Waals surface area (Å²) in [6.45, 7) is 0. The molecule has 1 rings (SSSR count). The molecule has 0 aliphatic heterocycles. The van der Waals surface area contributed by atoms with E-state index in [1.807, 2.05) is 6.07 Å². The van der Waals surface area contributed by atoms with Crippen LogP contribution in [0.3, 0.4) is 0 Å². The van der Waals surface area contributed by atoms with Crippen LogP contribution >= 0.6 is 11.6 Å². The average molecular weight is 155 g/mol. The van der Waals surface area contributed by atoms with Crippen LogP contribution in [-0.4, -0.2) is 5.11 Å². The van der Waals surface area contributed by atoms with Crippen LogP contribution in [0.25, 0.3) is 6.08 Å². The smallest absolute Gasteiger partial charge is 0.122 e. The van der Waals surface area contributed by atoms with Gasteiger partial charge in [0.25, 0.3) is 0 Å². The van der Waals surface area contributed by atoms with Gasteiger partial charge in [-0.1, -0.05) is 29.8 Å². The maximum absolute atomic E-state index is 9.13. The van der Waals surface area contributed by atoms with Crippen molar-refractivity contribution >= 4 is 17.7 Å². The minimum atomic E-state index is 0.249. The zero-order valence-electron chi connectivity index (χ0n) is 5.29. The molecule has 0 fully saturated rings. The second-order valence-electron chi connectivity index (χ2n) is 1.85. The lowest BCUT2D eigenvalue weighted by molar-refractivity contribution is 0.474. The minimum absolute atomic E-state index is 0.249. The molecule has 0 saturated carbocycles. The van der Waals surface area contributed by atoms with E-state index in [0.29, 0.717) is 0 Å². The first-order valence-electron chi connectivity index (χ1n) is 2.89. The van der Waals surface area contributed by atoms with Crippen molar-refractivity contribution in [3.05, 3.63) is 35.4 Å². The Morgan fingerprint density at radius 1 is 1.30 bits per heavy atom. The molecular formula is C8H7ClO. The SMILES string of the molecule is Oc1ccccc1C=CCl. The maximum atomic E-state index is 9.13. The Labute approximate surface area is 64.6 Å². The van der Waals surface area contributed by atoms with Crippen LogP contribution in [0.2, 0.25) is 0 Å². The van der Waals surface area contributed by atoms with Crippen molar-refractivity contribution in [2.24, 2.45) is 0 Å². The van der Waals surface area contributed by atoms with Crippen LogP contribution in [0.5, 0.6) is 5.75 Å². The van der Waals surface area contributed by atoms with Crippen molar-refractivity contribution in [2.75, 3.05) is 0 Å². The van der Waals surface area contributed by atoms with Gasteiger partial charge in [0, 0.05) is 11.1 Å². The Bertz CT molecular complexity index is 243. The lowest BCUT2D eigenvalue weighted by Gasteiger charge is -1.94. The van der Waals surface area contributed by atoms with E-state index in [4.69, 9.17) is 16.7 Å². The van der Waals surface area contributed by atoms with Gasteiger partial charge in [-0.05, 0) is 12.1 Å². The van der Waals surface area contributed by atoms with Crippen LogP contribution in [0.1, 0.15) is 5.56 Å². The Morgan fingerprint density at radius 2 is 2.00 bits per heavy atom. The number of para-hydroxylation sites is 1. The molecule has 0 spiro atoms. The predicted octanol–water partition coefficient (Wildman–Crippen LogP) is 2.60. The normalized spacial score (nSPS) is 10.5. The van der Waals surface area contributed by atoms with E-state index < -0.39 is 0 Å². The highest BCUT2D eigenvalue weighted by molar-refractivity contribution is 6.27. The third-order valence-electron chi connectivity index (χ3n) is 1.18. The highest BCUT2D eigenvalue weighted by atomic mass is 35.5. The Balaban J connectivity index is 3.03. The van der Waals surface area contributed by atoms with Gasteiger partial charge in [0.1, 0.15) is 5.75 Å². The number of phenols is 1. The number of halogens is 1. The van der Waals surface area contributed by atoms with Crippen molar-refractivity contribution in [3.8, 4) is 5.75 Å². The molecule has 0 radical (unpaired) electrons. The molecule has 1 nitrogen and oxygen atoms in total. The molecular weight excluding hydrogens is 148 g/mol. The topological polar surface area (TPSA) is 20.2 Å². The first-order valence-corrected chi connectivity index (χ1v) is 3.33. The van der Waals surface area contributed by atoms with Gasteiger partial charge >= 0.3 is 0 Å².